The first-order valence-electron chi connectivity index (χ1n) is 8.38. The Morgan fingerprint density at radius 3 is 2.89 bits per heavy atom. The summed E-state index contributed by atoms with van der Waals surface area (Å²) in [6.45, 7) is 2.28. The average molecular weight is 383 g/mol. The Kier molecular flexibility index (Phi) is 4.12. The lowest BCUT2D eigenvalue weighted by molar-refractivity contribution is -0.147. The number of hydrogen-bond acceptors (Lipinski definition) is 5. The van der Waals surface area contributed by atoms with Gasteiger partial charge in [-0.2, -0.15) is 13.2 Å². The number of carbonyl (C=O) groups is 1. The van der Waals surface area contributed by atoms with Gasteiger partial charge in [0, 0.05) is 12.3 Å². The van der Waals surface area contributed by atoms with Crippen molar-refractivity contribution in [3.63, 3.8) is 0 Å². The SMILES string of the molecule is CCOc1ccc2c(c1)OCCn1cc(N3C(=O)OC[C@H]3C(F)(F)F)nc1-2. The minimum Gasteiger partial charge on any atom is -0.494 e. The number of imidazole rings is 1. The third-order valence-electron chi connectivity index (χ3n) is 4.36. The number of halogens is 3. The predicted molar refractivity (Wildman–Crippen MR) is 88.0 cm³/mol. The van der Waals surface area contributed by atoms with E-state index in [1.54, 1.807) is 22.8 Å². The van der Waals surface area contributed by atoms with E-state index < -0.39 is 24.9 Å². The third kappa shape index (κ3) is 3.04. The van der Waals surface area contributed by atoms with E-state index >= 15 is 0 Å². The molecule has 2 aliphatic heterocycles. The summed E-state index contributed by atoms with van der Waals surface area (Å²) in [5, 5.41) is 0. The molecule has 0 saturated carbocycles. The van der Waals surface area contributed by atoms with E-state index in [1.807, 2.05) is 6.92 Å². The van der Waals surface area contributed by atoms with Crippen molar-refractivity contribution in [2.75, 3.05) is 24.7 Å². The molecule has 0 radical (unpaired) electrons. The van der Waals surface area contributed by atoms with Crippen molar-refractivity contribution in [1.29, 1.82) is 0 Å². The Bertz CT molecular complexity index is 881. The molecule has 7 nitrogen and oxygen atoms in total. The van der Waals surface area contributed by atoms with Crippen LogP contribution in [0.3, 0.4) is 0 Å². The first-order valence-corrected chi connectivity index (χ1v) is 8.38. The number of amides is 1. The summed E-state index contributed by atoms with van der Waals surface area (Å²) >= 11 is 0. The molecule has 27 heavy (non-hydrogen) atoms. The van der Waals surface area contributed by atoms with Crippen LogP contribution < -0.4 is 14.4 Å². The highest BCUT2D eigenvalue weighted by Gasteiger charge is 2.52. The normalized spacial score (nSPS) is 19.0. The smallest absolute Gasteiger partial charge is 0.416 e. The van der Waals surface area contributed by atoms with Crippen molar-refractivity contribution >= 4 is 11.9 Å². The van der Waals surface area contributed by atoms with Gasteiger partial charge in [0.15, 0.2) is 11.9 Å². The molecule has 1 aromatic heterocycles. The van der Waals surface area contributed by atoms with E-state index in [-0.39, 0.29) is 5.82 Å². The zero-order chi connectivity index (χ0) is 19.2. The lowest BCUT2D eigenvalue weighted by atomic mass is 10.2. The molecular formula is C17H16F3N3O4. The van der Waals surface area contributed by atoms with E-state index in [2.05, 4.69) is 9.72 Å². The molecule has 1 saturated heterocycles. The Labute approximate surface area is 152 Å². The largest absolute Gasteiger partial charge is 0.494 e. The van der Waals surface area contributed by atoms with Gasteiger partial charge in [0.25, 0.3) is 0 Å². The van der Waals surface area contributed by atoms with Gasteiger partial charge in [-0.3, -0.25) is 0 Å². The molecule has 4 rings (SSSR count). The summed E-state index contributed by atoms with van der Waals surface area (Å²) in [4.78, 5) is 16.7. The van der Waals surface area contributed by atoms with Crippen LogP contribution in [0.25, 0.3) is 11.4 Å². The minimum absolute atomic E-state index is 0.100. The highest BCUT2D eigenvalue weighted by atomic mass is 19.4. The van der Waals surface area contributed by atoms with Crippen LogP contribution in [0.4, 0.5) is 23.8 Å². The lowest BCUT2D eigenvalue weighted by Gasteiger charge is -2.21. The molecule has 0 bridgehead atoms. The molecule has 0 aliphatic carbocycles. The first-order chi connectivity index (χ1) is 12.9. The number of hydrogen-bond donors (Lipinski definition) is 0. The average Bonchev–Trinajstić information content (AvgIpc) is 3.15. The maximum atomic E-state index is 13.2. The van der Waals surface area contributed by atoms with E-state index in [0.29, 0.717) is 47.5 Å². The van der Waals surface area contributed by atoms with Crippen LogP contribution >= 0.6 is 0 Å². The summed E-state index contributed by atoms with van der Waals surface area (Å²) in [6.07, 6.45) is -4.26. The fourth-order valence-corrected chi connectivity index (χ4v) is 3.14. The zero-order valence-electron chi connectivity index (χ0n) is 14.3. The molecule has 10 heteroatoms. The molecule has 0 spiro atoms. The van der Waals surface area contributed by atoms with Crippen LogP contribution in [-0.4, -0.2) is 47.7 Å². The Morgan fingerprint density at radius 2 is 2.15 bits per heavy atom. The second-order valence-corrected chi connectivity index (χ2v) is 6.06. The van der Waals surface area contributed by atoms with Crippen molar-refractivity contribution in [2.24, 2.45) is 0 Å². The second-order valence-electron chi connectivity index (χ2n) is 6.06. The number of alkyl halides is 3. The molecule has 2 aliphatic rings. The van der Waals surface area contributed by atoms with Gasteiger partial charge < -0.3 is 18.8 Å². The van der Waals surface area contributed by atoms with E-state index in [4.69, 9.17) is 9.47 Å². The second kappa shape index (κ2) is 6.36. The number of aromatic nitrogens is 2. The number of carbonyl (C=O) groups excluding carboxylic acids is 1. The Balaban J connectivity index is 1.75. The van der Waals surface area contributed by atoms with Crippen molar-refractivity contribution in [2.45, 2.75) is 25.7 Å². The number of anilines is 1. The van der Waals surface area contributed by atoms with Crippen LogP contribution in [0.5, 0.6) is 11.5 Å². The summed E-state index contributed by atoms with van der Waals surface area (Å²) < 4.78 is 57.1. The molecule has 1 atom stereocenters. The number of cyclic esters (lactones) is 1. The number of ether oxygens (including phenoxy) is 3. The van der Waals surface area contributed by atoms with Crippen molar-refractivity contribution in [3.8, 4) is 22.9 Å². The monoisotopic (exact) mass is 383 g/mol. The lowest BCUT2D eigenvalue weighted by Crippen LogP contribution is -2.44. The molecular weight excluding hydrogens is 367 g/mol. The van der Waals surface area contributed by atoms with Crippen LogP contribution in [0.2, 0.25) is 0 Å². The molecule has 1 aromatic carbocycles. The highest BCUT2D eigenvalue weighted by Crippen LogP contribution is 2.38. The maximum Gasteiger partial charge on any atom is 0.416 e. The zero-order valence-corrected chi connectivity index (χ0v) is 14.3. The number of nitrogens with zero attached hydrogens (tertiary/aromatic N) is 3. The van der Waals surface area contributed by atoms with Crippen LogP contribution in [0.15, 0.2) is 24.4 Å². The van der Waals surface area contributed by atoms with Gasteiger partial charge in [-0.1, -0.05) is 0 Å². The fourth-order valence-electron chi connectivity index (χ4n) is 3.14. The van der Waals surface area contributed by atoms with Gasteiger partial charge in [-0.15, -0.1) is 0 Å². The first kappa shape index (κ1) is 17.5. The summed E-state index contributed by atoms with van der Waals surface area (Å²) in [7, 11) is 0. The summed E-state index contributed by atoms with van der Waals surface area (Å²) in [5.41, 5.74) is 0.610. The van der Waals surface area contributed by atoms with Gasteiger partial charge in [0.2, 0.25) is 0 Å². The Morgan fingerprint density at radius 1 is 1.33 bits per heavy atom. The number of rotatable bonds is 3. The fraction of sp³-hybridized carbons (Fsp3) is 0.412. The van der Waals surface area contributed by atoms with E-state index in [1.165, 1.54) is 6.20 Å². The molecule has 0 N–H and O–H groups in total. The Hall–Kier alpha value is -2.91. The van der Waals surface area contributed by atoms with E-state index in [9.17, 15) is 18.0 Å². The van der Waals surface area contributed by atoms with Crippen molar-refractivity contribution < 1.29 is 32.2 Å². The highest BCUT2D eigenvalue weighted by molar-refractivity contribution is 5.89. The molecule has 1 fully saturated rings. The summed E-state index contributed by atoms with van der Waals surface area (Å²) in [5.74, 6) is 1.46. The standard InChI is InChI=1S/C17H16F3N3O4/c1-2-25-10-3-4-11-12(7-10)26-6-5-22-8-14(21-15(11)22)23-13(17(18,19)20)9-27-16(23)24/h3-4,7-8,13H,2,5-6,9H2,1H3/t13-/m0/s1. The van der Waals surface area contributed by atoms with Gasteiger partial charge in [-0.25, -0.2) is 14.7 Å². The third-order valence-corrected chi connectivity index (χ3v) is 4.36. The van der Waals surface area contributed by atoms with E-state index in [0.717, 1.165) is 0 Å². The predicted octanol–water partition coefficient (Wildman–Crippen LogP) is 3.23. The quantitative estimate of drug-likeness (QED) is 0.814. The molecule has 2 aromatic rings. The minimum atomic E-state index is -4.61. The molecule has 1 amide bonds. The van der Waals surface area contributed by atoms with Gasteiger partial charge in [-0.05, 0) is 19.1 Å². The molecule has 3 heterocycles. The van der Waals surface area contributed by atoms with Crippen LogP contribution in [0.1, 0.15) is 6.92 Å². The summed E-state index contributed by atoms with van der Waals surface area (Å²) in [6, 6.07) is 3.13. The van der Waals surface area contributed by atoms with Crippen LogP contribution in [-0.2, 0) is 11.3 Å². The van der Waals surface area contributed by atoms with Gasteiger partial charge in [0.05, 0.1) is 18.7 Å². The van der Waals surface area contributed by atoms with Crippen molar-refractivity contribution in [1.82, 2.24) is 9.55 Å². The van der Waals surface area contributed by atoms with Crippen molar-refractivity contribution in [3.05, 3.63) is 24.4 Å². The van der Waals surface area contributed by atoms with Gasteiger partial charge >= 0.3 is 12.3 Å². The molecule has 144 valence electrons. The number of fused-ring (bicyclic) bond motifs is 3. The van der Waals surface area contributed by atoms with Crippen LogP contribution in [0, 0.1) is 0 Å². The molecule has 0 unspecified atom stereocenters. The number of benzene rings is 1. The topological polar surface area (TPSA) is 65.8 Å². The van der Waals surface area contributed by atoms with Gasteiger partial charge in [0.1, 0.15) is 30.5 Å². The maximum absolute atomic E-state index is 13.2.